The smallest absolute Gasteiger partial charge is 0.120 e. The molecule has 0 unspecified atom stereocenters. The van der Waals surface area contributed by atoms with Crippen LogP contribution in [-0.4, -0.2) is 4.57 Å². The van der Waals surface area contributed by atoms with Crippen molar-refractivity contribution in [2.45, 2.75) is 19.9 Å². The summed E-state index contributed by atoms with van der Waals surface area (Å²) >= 11 is 0. The molecule has 0 amide bonds. The minimum Gasteiger partial charge on any atom is -0.332 e. The highest BCUT2D eigenvalue weighted by Gasteiger charge is 2.06. The molecule has 0 N–H and O–H groups in total. The third kappa shape index (κ3) is 1.99. The van der Waals surface area contributed by atoms with Crippen molar-refractivity contribution in [2.75, 3.05) is 0 Å². The van der Waals surface area contributed by atoms with Crippen LogP contribution < -0.4 is 0 Å². The molecule has 2 heteroatoms. The number of nitrogens with zero attached hydrogens (tertiary/aromatic N) is 2. The van der Waals surface area contributed by atoms with Crippen molar-refractivity contribution in [2.24, 2.45) is 0 Å². The lowest BCUT2D eigenvalue weighted by Crippen LogP contribution is -2.05. The van der Waals surface area contributed by atoms with Gasteiger partial charge in [0.05, 0.1) is 0 Å². The molecular formula is C14H14N2. The number of rotatable bonds is 3. The second kappa shape index (κ2) is 4.67. The molecule has 0 aliphatic heterocycles. The summed E-state index contributed by atoms with van der Waals surface area (Å²) in [5, 5.41) is 9.03. The Hall–Kier alpha value is -2.01. The van der Waals surface area contributed by atoms with E-state index in [1.165, 1.54) is 11.3 Å². The Morgan fingerprint density at radius 3 is 2.50 bits per heavy atom. The van der Waals surface area contributed by atoms with Gasteiger partial charge in [-0.3, -0.25) is 0 Å². The summed E-state index contributed by atoms with van der Waals surface area (Å²) in [6.07, 6.45) is 0.953. The fraction of sp³-hybridized carbons (Fsp3) is 0.214. The van der Waals surface area contributed by atoms with Gasteiger partial charge >= 0.3 is 0 Å². The first-order valence-corrected chi connectivity index (χ1v) is 5.47. The average Bonchev–Trinajstić information content (AvgIpc) is 2.72. The van der Waals surface area contributed by atoms with Gasteiger partial charge in [0.1, 0.15) is 11.8 Å². The van der Waals surface area contributed by atoms with Gasteiger partial charge in [0.2, 0.25) is 0 Å². The second-order valence-corrected chi connectivity index (χ2v) is 3.75. The Kier molecular flexibility index (Phi) is 3.07. The third-order valence-corrected chi connectivity index (χ3v) is 2.73. The zero-order valence-electron chi connectivity index (χ0n) is 9.35. The Bertz CT molecular complexity index is 503. The highest BCUT2D eigenvalue weighted by Crippen LogP contribution is 2.12. The van der Waals surface area contributed by atoms with E-state index in [2.05, 4.69) is 29.7 Å². The molecule has 1 aromatic carbocycles. The van der Waals surface area contributed by atoms with E-state index in [9.17, 15) is 0 Å². The minimum absolute atomic E-state index is 0.737. The molecule has 0 aliphatic carbocycles. The fourth-order valence-corrected chi connectivity index (χ4v) is 1.87. The lowest BCUT2D eigenvalue weighted by molar-refractivity contribution is 0.741. The molecule has 0 spiro atoms. The van der Waals surface area contributed by atoms with Crippen LogP contribution in [0.3, 0.4) is 0 Å². The van der Waals surface area contributed by atoms with Crippen molar-refractivity contribution in [3.8, 4) is 6.07 Å². The van der Waals surface area contributed by atoms with Gasteiger partial charge in [-0.2, -0.15) is 5.26 Å². The molecule has 1 aromatic heterocycles. The van der Waals surface area contributed by atoms with E-state index in [1.54, 1.807) is 0 Å². The van der Waals surface area contributed by atoms with Gasteiger partial charge in [0, 0.05) is 12.2 Å². The van der Waals surface area contributed by atoms with Crippen LogP contribution in [0.1, 0.15) is 23.9 Å². The van der Waals surface area contributed by atoms with Crippen molar-refractivity contribution in [1.82, 2.24) is 4.57 Å². The lowest BCUT2D eigenvalue weighted by atomic mass is 10.2. The number of benzene rings is 1. The van der Waals surface area contributed by atoms with Gasteiger partial charge in [-0.05, 0) is 24.1 Å². The largest absolute Gasteiger partial charge is 0.332 e. The molecule has 0 saturated carbocycles. The summed E-state index contributed by atoms with van der Waals surface area (Å²) in [6, 6.07) is 16.4. The van der Waals surface area contributed by atoms with E-state index in [0.29, 0.717) is 0 Å². The van der Waals surface area contributed by atoms with Gasteiger partial charge in [-0.25, -0.2) is 0 Å². The Balaban J connectivity index is 2.34. The summed E-state index contributed by atoms with van der Waals surface area (Å²) < 4.78 is 2.08. The highest BCUT2D eigenvalue weighted by molar-refractivity contribution is 5.29. The fourth-order valence-electron chi connectivity index (χ4n) is 1.87. The monoisotopic (exact) mass is 210 g/mol. The first-order valence-electron chi connectivity index (χ1n) is 5.47. The highest BCUT2D eigenvalue weighted by atomic mass is 15.0. The first-order chi connectivity index (χ1) is 7.85. The molecular weight excluding hydrogens is 196 g/mol. The van der Waals surface area contributed by atoms with Gasteiger partial charge in [-0.1, -0.05) is 37.3 Å². The standard InChI is InChI=1S/C14H14N2/c1-2-13-8-9-14(10-15)16(13)11-12-6-4-3-5-7-12/h3-9H,2,11H2,1H3. The van der Waals surface area contributed by atoms with Crippen LogP contribution in [0.25, 0.3) is 0 Å². The molecule has 16 heavy (non-hydrogen) atoms. The van der Waals surface area contributed by atoms with Gasteiger partial charge in [-0.15, -0.1) is 0 Å². The van der Waals surface area contributed by atoms with E-state index in [1.807, 2.05) is 30.3 Å². The summed E-state index contributed by atoms with van der Waals surface area (Å²) in [5.74, 6) is 0. The van der Waals surface area contributed by atoms with Gasteiger partial charge in [0.25, 0.3) is 0 Å². The summed E-state index contributed by atoms with van der Waals surface area (Å²) in [7, 11) is 0. The summed E-state index contributed by atoms with van der Waals surface area (Å²) in [5.41, 5.74) is 3.17. The topological polar surface area (TPSA) is 28.7 Å². The quantitative estimate of drug-likeness (QED) is 0.765. The predicted octanol–water partition coefficient (Wildman–Crippen LogP) is 2.97. The molecule has 0 fully saturated rings. The zero-order chi connectivity index (χ0) is 11.4. The number of hydrogen-bond donors (Lipinski definition) is 0. The Morgan fingerprint density at radius 2 is 1.88 bits per heavy atom. The number of aryl methyl sites for hydroxylation is 1. The van der Waals surface area contributed by atoms with Gasteiger partial charge < -0.3 is 4.57 Å². The van der Waals surface area contributed by atoms with E-state index in [0.717, 1.165) is 18.7 Å². The van der Waals surface area contributed by atoms with Crippen molar-refractivity contribution in [3.05, 3.63) is 59.4 Å². The predicted molar refractivity (Wildman–Crippen MR) is 64.1 cm³/mol. The Morgan fingerprint density at radius 1 is 1.12 bits per heavy atom. The molecule has 0 saturated heterocycles. The van der Waals surface area contributed by atoms with Gasteiger partial charge in [0.15, 0.2) is 0 Å². The van der Waals surface area contributed by atoms with Crippen LogP contribution in [-0.2, 0) is 13.0 Å². The second-order valence-electron chi connectivity index (χ2n) is 3.75. The van der Waals surface area contributed by atoms with Crippen LogP contribution in [0, 0.1) is 11.3 Å². The maximum absolute atomic E-state index is 9.03. The maximum Gasteiger partial charge on any atom is 0.120 e. The van der Waals surface area contributed by atoms with E-state index in [-0.39, 0.29) is 0 Å². The number of hydrogen-bond acceptors (Lipinski definition) is 1. The molecule has 1 heterocycles. The normalized spacial score (nSPS) is 10.0. The van der Waals surface area contributed by atoms with Crippen LogP contribution in [0.15, 0.2) is 42.5 Å². The lowest BCUT2D eigenvalue weighted by Gasteiger charge is -2.09. The average molecular weight is 210 g/mol. The van der Waals surface area contributed by atoms with Crippen molar-refractivity contribution in [1.29, 1.82) is 5.26 Å². The molecule has 2 nitrogen and oxygen atoms in total. The molecule has 80 valence electrons. The molecule has 0 atom stereocenters. The summed E-state index contributed by atoms with van der Waals surface area (Å²) in [4.78, 5) is 0. The maximum atomic E-state index is 9.03. The van der Waals surface area contributed by atoms with E-state index >= 15 is 0 Å². The third-order valence-electron chi connectivity index (χ3n) is 2.73. The van der Waals surface area contributed by atoms with Crippen LogP contribution in [0.4, 0.5) is 0 Å². The number of nitriles is 1. The van der Waals surface area contributed by atoms with Crippen LogP contribution in [0.5, 0.6) is 0 Å². The molecule has 0 aliphatic rings. The number of aromatic nitrogens is 1. The zero-order valence-corrected chi connectivity index (χ0v) is 9.35. The minimum atomic E-state index is 0.737. The molecule has 0 bridgehead atoms. The molecule has 2 aromatic rings. The SMILES string of the molecule is CCc1ccc(C#N)n1Cc1ccccc1. The Labute approximate surface area is 95.8 Å². The first kappa shape index (κ1) is 10.5. The summed E-state index contributed by atoms with van der Waals surface area (Å²) in [6.45, 7) is 2.89. The van der Waals surface area contributed by atoms with Crippen molar-refractivity contribution >= 4 is 0 Å². The molecule has 2 rings (SSSR count). The van der Waals surface area contributed by atoms with E-state index in [4.69, 9.17) is 5.26 Å². The van der Waals surface area contributed by atoms with Crippen LogP contribution in [0.2, 0.25) is 0 Å². The molecule has 0 radical (unpaired) electrons. The van der Waals surface area contributed by atoms with Crippen LogP contribution >= 0.6 is 0 Å². The van der Waals surface area contributed by atoms with Crippen molar-refractivity contribution in [3.63, 3.8) is 0 Å². The van der Waals surface area contributed by atoms with E-state index < -0.39 is 0 Å². The van der Waals surface area contributed by atoms with Crippen molar-refractivity contribution < 1.29 is 0 Å².